The molecule has 4 aromatic rings. The Morgan fingerprint density at radius 1 is 1.29 bits per heavy atom. The highest BCUT2D eigenvalue weighted by atomic mass is 32.1. The summed E-state index contributed by atoms with van der Waals surface area (Å²) in [7, 11) is 0. The van der Waals surface area contributed by atoms with Gasteiger partial charge in [0.2, 0.25) is 5.95 Å². The van der Waals surface area contributed by atoms with Crippen molar-refractivity contribution in [2.45, 2.75) is 6.54 Å². The Labute approximate surface area is 123 Å². The standard InChI is InChI=1S/C14H11N5OS/c15-14-17-11(10-2-1-4-20-10)12-13(18-14)19(8-16-12)6-9-3-5-21-7-9/h1-5,7-8H,6H2,(H2,15,17,18). The van der Waals surface area contributed by atoms with Gasteiger partial charge in [-0.2, -0.15) is 16.3 Å². The van der Waals surface area contributed by atoms with Crippen LogP contribution in [0.4, 0.5) is 5.95 Å². The minimum atomic E-state index is 0.209. The van der Waals surface area contributed by atoms with Crippen LogP contribution in [0.3, 0.4) is 0 Å². The van der Waals surface area contributed by atoms with Crippen molar-refractivity contribution in [3.63, 3.8) is 0 Å². The van der Waals surface area contributed by atoms with E-state index in [0.29, 0.717) is 29.2 Å². The molecule has 0 bridgehead atoms. The molecule has 4 aromatic heterocycles. The molecule has 0 aliphatic heterocycles. The van der Waals surface area contributed by atoms with Crippen molar-refractivity contribution in [3.05, 3.63) is 47.1 Å². The molecule has 0 saturated carbocycles. The summed E-state index contributed by atoms with van der Waals surface area (Å²) in [5.41, 5.74) is 9.05. The smallest absolute Gasteiger partial charge is 0.222 e. The van der Waals surface area contributed by atoms with E-state index in [0.717, 1.165) is 0 Å². The van der Waals surface area contributed by atoms with Crippen LogP contribution in [-0.4, -0.2) is 19.5 Å². The van der Waals surface area contributed by atoms with Gasteiger partial charge in [0, 0.05) is 0 Å². The molecule has 4 heterocycles. The van der Waals surface area contributed by atoms with Gasteiger partial charge in [0.1, 0.15) is 11.2 Å². The van der Waals surface area contributed by atoms with Crippen molar-refractivity contribution in [1.29, 1.82) is 0 Å². The number of hydrogen-bond acceptors (Lipinski definition) is 6. The number of nitrogen functional groups attached to an aromatic ring is 1. The topological polar surface area (TPSA) is 82.8 Å². The minimum absolute atomic E-state index is 0.209. The SMILES string of the molecule is Nc1nc(-c2ccco2)c2ncn(Cc3ccsc3)c2n1. The van der Waals surface area contributed by atoms with Gasteiger partial charge < -0.3 is 14.7 Å². The zero-order valence-electron chi connectivity index (χ0n) is 10.9. The van der Waals surface area contributed by atoms with Gasteiger partial charge >= 0.3 is 0 Å². The fourth-order valence-corrected chi connectivity index (χ4v) is 2.90. The maximum Gasteiger partial charge on any atom is 0.222 e. The normalized spacial score (nSPS) is 11.2. The molecule has 0 saturated heterocycles. The highest BCUT2D eigenvalue weighted by Gasteiger charge is 2.15. The van der Waals surface area contributed by atoms with Crippen molar-refractivity contribution < 1.29 is 4.42 Å². The summed E-state index contributed by atoms with van der Waals surface area (Å²) in [5, 5.41) is 4.15. The Morgan fingerprint density at radius 2 is 2.24 bits per heavy atom. The molecular weight excluding hydrogens is 286 g/mol. The summed E-state index contributed by atoms with van der Waals surface area (Å²) in [5.74, 6) is 0.843. The monoisotopic (exact) mass is 297 g/mol. The summed E-state index contributed by atoms with van der Waals surface area (Å²) >= 11 is 1.66. The lowest BCUT2D eigenvalue weighted by molar-refractivity contribution is 0.580. The van der Waals surface area contributed by atoms with Crippen molar-refractivity contribution in [3.8, 4) is 11.5 Å². The first-order valence-electron chi connectivity index (χ1n) is 6.34. The maximum atomic E-state index is 5.83. The van der Waals surface area contributed by atoms with E-state index in [-0.39, 0.29) is 5.95 Å². The number of nitrogens with zero attached hydrogens (tertiary/aromatic N) is 4. The third kappa shape index (κ3) is 2.07. The highest BCUT2D eigenvalue weighted by molar-refractivity contribution is 7.07. The number of hydrogen-bond donors (Lipinski definition) is 1. The highest BCUT2D eigenvalue weighted by Crippen LogP contribution is 2.26. The molecule has 0 aliphatic carbocycles. The van der Waals surface area contributed by atoms with Crippen LogP contribution < -0.4 is 5.73 Å². The van der Waals surface area contributed by atoms with Gasteiger partial charge in [0.05, 0.1) is 19.1 Å². The van der Waals surface area contributed by atoms with Crippen molar-refractivity contribution >= 4 is 28.4 Å². The van der Waals surface area contributed by atoms with E-state index < -0.39 is 0 Å². The van der Waals surface area contributed by atoms with Gasteiger partial charge in [-0.15, -0.1) is 0 Å². The van der Waals surface area contributed by atoms with Crippen molar-refractivity contribution in [2.75, 3.05) is 5.73 Å². The average molecular weight is 297 g/mol. The van der Waals surface area contributed by atoms with E-state index >= 15 is 0 Å². The zero-order chi connectivity index (χ0) is 14.2. The van der Waals surface area contributed by atoms with Crippen LogP contribution in [0, 0.1) is 0 Å². The van der Waals surface area contributed by atoms with E-state index in [2.05, 4.69) is 26.4 Å². The fourth-order valence-electron chi connectivity index (χ4n) is 2.24. The summed E-state index contributed by atoms with van der Waals surface area (Å²) < 4.78 is 7.36. The predicted molar refractivity (Wildman–Crippen MR) is 80.9 cm³/mol. The van der Waals surface area contributed by atoms with Crippen LogP contribution in [0.2, 0.25) is 0 Å². The summed E-state index contributed by atoms with van der Waals surface area (Å²) in [6.07, 6.45) is 3.35. The maximum absolute atomic E-state index is 5.83. The van der Waals surface area contributed by atoms with Gasteiger partial charge in [-0.1, -0.05) is 0 Å². The summed E-state index contributed by atoms with van der Waals surface area (Å²) in [6, 6.07) is 5.72. The molecule has 0 unspecified atom stereocenters. The van der Waals surface area contributed by atoms with Gasteiger partial charge in [-0.3, -0.25) is 0 Å². The van der Waals surface area contributed by atoms with Gasteiger partial charge in [-0.05, 0) is 34.5 Å². The lowest BCUT2D eigenvalue weighted by Gasteiger charge is -2.03. The number of fused-ring (bicyclic) bond motifs is 1. The Morgan fingerprint density at radius 3 is 3.00 bits per heavy atom. The molecule has 7 heteroatoms. The first-order valence-corrected chi connectivity index (χ1v) is 7.29. The van der Waals surface area contributed by atoms with Crippen LogP contribution in [0.5, 0.6) is 0 Å². The van der Waals surface area contributed by atoms with E-state index in [1.54, 1.807) is 23.9 Å². The van der Waals surface area contributed by atoms with Gasteiger partial charge in [0.25, 0.3) is 0 Å². The molecular formula is C14H11N5OS. The molecule has 21 heavy (non-hydrogen) atoms. The summed E-state index contributed by atoms with van der Waals surface area (Å²) in [6.45, 7) is 0.702. The second-order valence-corrected chi connectivity index (χ2v) is 5.36. The number of anilines is 1. The molecule has 0 spiro atoms. The molecule has 4 rings (SSSR count). The molecule has 6 nitrogen and oxygen atoms in total. The van der Waals surface area contributed by atoms with Crippen molar-refractivity contribution in [1.82, 2.24) is 19.5 Å². The number of imidazole rings is 1. The van der Waals surface area contributed by atoms with Crippen LogP contribution in [0.1, 0.15) is 5.56 Å². The molecule has 0 aromatic carbocycles. The third-order valence-electron chi connectivity index (χ3n) is 3.17. The fraction of sp³-hybridized carbons (Fsp3) is 0.0714. The van der Waals surface area contributed by atoms with Gasteiger partial charge in [-0.25, -0.2) is 9.97 Å². The zero-order valence-corrected chi connectivity index (χ0v) is 11.7. The molecule has 0 amide bonds. The molecule has 0 fully saturated rings. The number of thiophene rings is 1. The van der Waals surface area contributed by atoms with E-state index in [1.807, 2.05) is 22.1 Å². The number of furan rings is 1. The molecule has 0 aliphatic rings. The second-order valence-electron chi connectivity index (χ2n) is 4.58. The number of aromatic nitrogens is 4. The van der Waals surface area contributed by atoms with Crippen LogP contribution >= 0.6 is 11.3 Å². The van der Waals surface area contributed by atoms with Crippen LogP contribution in [0.25, 0.3) is 22.6 Å². The second kappa shape index (κ2) is 4.71. The van der Waals surface area contributed by atoms with Gasteiger partial charge in [0.15, 0.2) is 11.4 Å². The largest absolute Gasteiger partial charge is 0.463 e. The third-order valence-corrected chi connectivity index (χ3v) is 3.90. The molecule has 2 N–H and O–H groups in total. The van der Waals surface area contributed by atoms with E-state index in [9.17, 15) is 0 Å². The Balaban J connectivity index is 1.88. The molecule has 104 valence electrons. The first-order chi connectivity index (χ1) is 10.3. The average Bonchev–Trinajstić information content (AvgIpc) is 3.20. The van der Waals surface area contributed by atoms with E-state index in [4.69, 9.17) is 10.2 Å². The van der Waals surface area contributed by atoms with Crippen molar-refractivity contribution in [2.24, 2.45) is 0 Å². The van der Waals surface area contributed by atoms with Crippen LogP contribution in [0.15, 0.2) is 46.0 Å². The Kier molecular flexibility index (Phi) is 2.71. The Hall–Kier alpha value is -2.67. The molecule has 0 radical (unpaired) electrons. The quantitative estimate of drug-likeness (QED) is 0.628. The predicted octanol–water partition coefficient (Wildman–Crippen LogP) is 2.78. The minimum Gasteiger partial charge on any atom is -0.463 e. The van der Waals surface area contributed by atoms with E-state index in [1.165, 1.54) is 5.56 Å². The van der Waals surface area contributed by atoms with Crippen LogP contribution in [-0.2, 0) is 6.54 Å². The molecule has 0 atom stereocenters. The lowest BCUT2D eigenvalue weighted by Crippen LogP contribution is -2.02. The summed E-state index contributed by atoms with van der Waals surface area (Å²) in [4.78, 5) is 13.0. The first kappa shape index (κ1) is 12.1. The Bertz CT molecular complexity index is 880. The lowest BCUT2D eigenvalue weighted by atomic mass is 10.3. The number of rotatable bonds is 3. The number of nitrogens with two attached hydrogens (primary N) is 1.